The van der Waals surface area contributed by atoms with Crippen molar-refractivity contribution in [1.29, 1.82) is 0 Å². The first-order chi connectivity index (χ1) is 13.1. The van der Waals surface area contributed by atoms with Crippen molar-refractivity contribution in [2.45, 2.75) is 0 Å². The fourth-order valence-electron chi connectivity index (χ4n) is 2.52. The molecule has 2 aromatic carbocycles. The van der Waals surface area contributed by atoms with E-state index in [2.05, 4.69) is 10.1 Å². The zero-order valence-electron chi connectivity index (χ0n) is 14.3. The lowest BCUT2D eigenvalue weighted by Gasteiger charge is -1.98. The van der Waals surface area contributed by atoms with Crippen molar-refractivity contribution < 1.29 is 4.74 Å². The van der Waals surface area contributed by atoms with Gasteiger partial charge in [0.15, 0.2) is 5.82 Å². The molecule has 0 radical (unpaired) electrons. The minimum atomic E-state index is -0.179. The van der Waals surface area contributed by atoms with Crippen LogP contribution in [0, 0.1) is 0 Å². The normalized spacial score (nSPS) is 12.3. The number of thiazole rings is 1. The summed E-state index contributed by atoms with van der Waals surface area (Å²) < 4.78 is 7.05. The molecule has 5 nitrogen and oxygen atoms in total. The molecular weight excluding hydrogens is 382 g/mol. The summed E-state index contributed by atoms with van der Waals surface area (Å²) in [6, 6.07) is 14.9. The molecule has 2 aromatic heterocycles. The van der Waals surface area contributed by atoms with E-state index in [0.717, 1.165) is 16.9 Å². The summed E-state index contributed by atoms with van der Waals surface area (Å²) in [5.41, 5.74) is 1.72. The van der Waals surface area contributed by atoms with Crippen molar-refractivity contribution in [3.63, 3.8) is 0 Å². The maximum absolute atomic E-state index is 12.5. The first-order valence-electron chi connectivity index (χ1n) is 8.11. The van der Waals surface area contributed by atoms with E-state index >= 15 is 0 Å². The Balaban J connectivity index is 1.62. The third-order valence-electron chi connectivity index (χ3n) is 3.91. The second kappa shape index (κ2) is 7.34. The van der Waals surface area contributed by atoms with Gasteiger partial charge in [-0.15, -0.1) is 5.10 Å². The van der Waals surface area contributed by atoms with Gasteiger partial charge in [0, 0.05) is 5.02 Å². The largest absolute Gasteiger partial charge is 0.497 e. The summed E-state index contributed by atoms with van der Waals surface area (Å²) in [5, 5.41) is 4.95. The maximum Gasteiger partial charge on any atom is 0.291 e. The summed E-state index contributed by atoms with van der Waals surface area (Å²) in [6.07, 6.45) is 5.49. The fraction of sp³-hybridized carbons (Fsp3) is 0.0500. The Morgan fingerprint density at radius 3 is 2.41 bits per heavy atom. The van der Waals surface area contributed by atoms with Gasteiger partial charge in [-0.05, 0) is 47.5 Å². The van der Waals surface area contributed by atoms with E-state index in [9.17, 15) is 4.79 Å². The van der Waals surface area contributed by atoms with Crippen LogP contribution >= 0.6 is 22.9 Å². The predicted octanol–water partition coefficient (Wildman–Crippen LogP) is 3.53. The Hall–Kier alpha value is -2.96. The zero-order valence-corrected chi connectivity index (χ0v) is 15.9. The molecule has 4 aromatic rings. The van der Waals surface area contributed by atoms with Crippen LogP contribution in [0.1, 0.15) is 17.0 Å². The van der Waals surface area contributed by atoms with Crippen LogP contribution in [-0.4, -0.2) is 21.7 Å². The molecule has 27 heavy (non-hydrogen) atoms. The maximum atomic E-state index is 12.5. The molecule has 0 bridgehead atoms. The quantitative estimate of drug-likeness (QED) is 0.530. The van der Waals surface area contributed by atoms with Crippen molar-refractivity contribution in [2.24, 2.45) is 0 Å². The topological polar surface area (TPSA) is 56.5 Å². The van der Waals surface area contributed by atoms with Crippen LogP contribution in [0.4, 0.5) is 0 Å². The summed E-state index contributed by atoms with van der Waals surface area (Å²) in [4.78, 5) is 17.5. The second-order valence-corrected chi connectivity index (χ2v) is 7.18. The number of halogens is 1. The number of fused-ring (bicyclic) bond motifs is 1. The molecule has 0 aliphatic rings. The van der Waals surface area contributed by atoms with Gasteiger partial charge in [-0.25, -0.2) is 0 Å². The van der Waals surface area contributed by atoms with Crippen molar-refractivity contribution >= 4 is 46.1 Å². The molecule has 0 aliphatic carbocycles. The van der Waals surface area contributed by atoms with E-state index in [1.165, 1.54) is 15.9 Å². The Bertz CT molecular complexity index is 1230. The molecule has 7 heteroatoms. The molecule has 134 valence electrons. The van der Waals surface area contributed by atoms with Crippen LogP contribution in [0.25, 0.3) is 23.2 Å². The van der Waals surface area contributed by atoms with Gasteiger partial charge in [-0.2, -0.15) is 9.50 Å². The molecule has 0 unspecified atom stereocenters. The summed E-state index contributed by atoms with van der Waals surface area (Å²) in [6.45, 7) is 0. The summed E-state index contributed by atoms with van der Waals surface area (Å²) in [7, 11) is 1.63. The van der Waals surface area contributed by atoms with E-state index in [1.54, 1.807) is 25.3 Å². The summed E-state index contributed by atoms with van der Waals surface area (Å²) in [5.74, 6) is 1.29. The van der Waals surface area contributed by atoms with Crippen molar-refractivity contribution in [3.05, 3.63) is 85.4 Å². The minimum Gasteiger partial charge on any atom is -0.497 e. The van der Waals surface area contributed by atoms with Crippen LogP contribution < -0.4 is 14.8 Å². The van der Waals surface area contributed by atoms with Gasteiger partial charge < -0.3 is 4.74 Å². The average molecular weight is 396 g/mol. The number of hydrogen-bond donors (Lipinski definition) is 0. The highest BCUT2D eigenvalue weighted by atomic mass is 35.5. The monoisotopic (exact) mass is 395 g/mol. The highest BCUT2D eigenvalue weighted by molar-refractivity contribution is 7.15. The number of benzene rings is 2. The Kier molecular flexibility index (Phi) is 4.75. The van der Waals surface area contributed by atoms with Gasteiger partial charge in [0.05, 0.1) is 11.6 Å². The van der Waals surface area contributed by atoms with Gasteiger partial charge >= 0.3 is 0 Å². The van der Waals surface area contributed by atoms with Gasteiger partial charge in [-0.3, -0.25) is 4.79 Å². The van der Waals surface area contributed by atoms with Crippen molar-refractivity contribution in [1.82, 2.24) is 14.6 Å². The first-order valence-corrected chi connectivity index (χ1v) is 9.31. The SMILES string of the molecule is COc1ccc(/C=C/c2nc3s/c(=C/c4ccc(Cl)cc4)c(=O)n3n2)cc1. The number of methoxy groups -OCH3 is 1. The van der Waals surface area contributed by atoms with E-state index in [-0.39, 0.29) is 5.56 Å². The number of hydrogen-bond acceptors (Lipinski definition) is 5. The fourth-order valence-corrected chi connectivity index (χ4v) is 3.56. The molecule has 2 heterocycles. The van der Waals surface area contributed by atoms with Crippen LogP contribution in [0.15, 0.2) is 53.3 Å². The smallest absolute Gasteiger partial charge is 0.291 e. The zero-order chi connectivity index (χ0) is 18.8. The minimum absolute atomic E-state index is 0.179. The third kappa shape index (κ3) is 3.77. The van der Waals surface area contributed by atoms with E-state index < -0.39 is 0 Å². The second-order valence-electron chi connectivity index (χ2n) is 5.74. The molecule has 0 saturated heterocycles. The standard InChI is InChI=1S/C20H14ClN3O2S/c1-26-16-9-4-13(5-10-16)6-11-18-22-20-24(23-18)19(25)17(27-20)12-14-2-7-15(21)8-3-14/h2-12H,1H3/b11-6+,17-12+. The molecule has 0 N–H and O–H groups in total. The number of aromatic nitrogens is 3. The first kappa shape index (κ1) is 17.5. The highest BCUT2D eigenvalue weighted by Crippen LogP contribution is 2.14. The lowest BCUT2D eigenvalue weighted by atomic mass is 10.2. The summed E-state index contributed by atoms with van der Waals surface area (Å²) >= 11 is 7.20. The van der Waals surface area contributed by atoms with Gasteiger partial charge in [0.25, 0.3) is 5.56 Å². The lowest BCUT2D eigenvalue weighted by Crippen LogP contribution is -2.23. The number of rotatable bonds is 4. The van der Waals surface area contributed by atoms with Gasteiger partial charge in [0.2, 0.25) is 4.96 Å². The molecule has 0 amide bonds. The van der Waals surface area contributed by atoms with Crippen LogP contribution in [0.5, 0.6) is 5.75 Å². The van der Waals surface area contributed by atoms with E-state index in [1.807, 2.05) is 48.6 Å². The average Bonchev–Trinajstić information content (AvgIpc) is 3.21. The molecule has 0 spiro atoms. The van der Waals surface area contributed by atoms with Gasteiger partial charge in [0.1, 0.15) is 5.75 Å². The number of ether oxygens (including phenoxy) is 1. The van der Waals surface area contributed by atoms with Gasteiger partial charge in [-0.1, -0.05) is 53.3 Å². The van der Waals surface area contributed by atoms with Crippen LogP contribution in [-0.2, 0) is 0 Å². The lowest BCUT2D eigenvalue weighted by molar-refractivity contribution is 0.415. The number of nitrogens with zero attached hydrogens (tertiary/aromatic N) is 3. The van der Waals surface area contributed by atoms with Crippen molar-refractivity contribution in [2.75, 3.05) is 7.11 Å². The van der Waals surface area contributed by atoms with Crippen molar-refractivity contribution in [3.8, 4) is 5.75 Å². The molecule has 4 rings (SSSR count). The highest BCUT2D eigenvalue weighted by Gasteiger charge is 2.08. The Morgan fingerprint density at radius 2 is 1.74 bits per heavy atom. The van der Waals surface area contributed by atoms with Crippen LogP contribution in [0.2, 0.25) is 5.02 Å². The third-order valence-corrected chi connectivity index (χ3v) is 5.12. The van der Waals surface area contributed by atoms with E-state index in [4.69, 9.17) is 16.3 Å². The van der Waals surface area contributed by atoms with E-state index in [0.29, 0.717) is 20.3 Å². The molecule has 0 saturated carbocycles. The Labute approximate surface area is 163 Å². The molecule has 0 fully saturated rings. The molecule has 0 aliphatic heterocycles. The van der Waals surface area contributed by atoms with Crippen LogP contribution in [0.3, 0.4) is 0 Å². The Morgan fingerprint density at radius 1 is 1.04 bits per heavy atom. The predicted molar refractivity (Wildman–Crippen MR) is 109 cm³/mol. The molecule has 0 atom stereocenters. The molecular formula is C20H14ClN3O2S.